The van der Waals surface area contributed by atoms with Crippen LogP contribution in [0.15, 0.2) is 12.4 Å². The van der Waals surface area contributed by atoms with E-state index in [1.165, 1.54) is 24.2 Å². The molecule has 8 nitrogen and oxygen atoms in total. The zero-order valence-electron chi connectivity index (χ0n) is 12.6. The molecule has 1 aromatic heterocycles. The maximum absolute atomic E-state index is 11.6. The van der Waals surface area contributed by atoms with Gasteiger partial charge in [0, 0.05) is 32.1 Å². The largest absolute Gasteiger partial charge is 0.478 e. The van der Waals surface area contributed by atoms with Crippen LogP contribution in [0.5, 0.6) is 0 Å². The Labute approximate surface area is 128 Å². The van der Waals surface area contributed by atoms with E-state index in [1.807, 2.05) is 0 Å². The van der Waals surface area contributed by atoms with Gasteiger partial charge in [0.05, 0.1) is 18.9 Å². The number of aromatic nitrogens is 2. The quantitative estimate of drug-likeness (QED) is 0.489. The Morgan fingerprint density at radius 3 is 2.68 bits per heavy atom. The van der Waals surface area contributed by atoms with Gasteiger partial charge in [-0.15, -0.1) is 0 Å². The van der Waals surface area contributed by atoms with Crippen molar-refractivity contribution < 1.29 is 24.2 Å². The van der Waals surface area contributed by atoms with E-state index in [1.54, 1.807) is 0 Å². The highest BCUT2D eigenvalue weighted by Crippen LogP contribution is 2.01. The number of aromatic carboxylic acids is 1. The van der Waals surface area contributed by atoms with Crippen LogP contribution in [0.4, 0.5) is 0 Å². The fourth-order valence-corrected chi connectivity index (χ4v) is 1.80. The third-order valence-electron chi connectivity index (χ3n) is 3.06. The number of unbranched alkanes of at least 4 members (excludes halogenated alkanes) is 2. The van der Waals surface area contributed by atoms with Crippen molar-refractivity contribution in [3.05, 3.63) is 18.0 Å². The number of rotatable bonds is 10. The Kier molecular flexibility index (Phi) is 7.66. The molecule has 0 aromatic carbocycles. The summed E-state index contributed by atoms with van der Waals surface area (Å²) in [5.41, 5.74) is 0.103. The molecular weight excluding hydrogens is 290 g/mol. The van der Waals surface area contributed by atoms with Crippen molar-refractivity contribution in [1.82, 2.24) is 15.1 Å². The SMILES string of the molecule is COC(=O)CCCCCNC(=O)CCn1cc(C(=O)O)cn1. The molecule has 0 aliphatic carbocycles. The summed E-state index contributed by atoms with van der Waals surface area (Å²) in [5.74, 6) is -1.37. The van der Waals surface area contributed by atoms with Crippen molar-refractivity contribution in [1.29, 1.82) is 0 Å². The molecular formula is C14H21N3O5. The van der Waals surface area contributed by atoms with Gasteiger partial charge in [-0.3, -0.25) is 14.3 Å². The maximum Gasteiger partial charge on any atom is 0.338 e. The Balaban J connectivity index is 2.08. The number of hydrogen-bond donors (Lipinski definition) is 2. The van der Waals surface area contributed by atoms with Crippen LogP contribution in [0, 0.1) is 0 Å². The molecule has 0 saturated heterocycles. The molecule has 0 radical (unpaired) electrons. The Morgan fingerprint density at radius 2 is 2.05 bits per heavy atom. The zero-order chi connectivity index (χ0) is 16.4. The molecule has 8 heteroatoms. The number of nitrogens with one attached hydrogen (secondary N) is 1. The zero-order valence-corrected chi connectivity index (χ0v) is 12.6. The third kappa shape index (κ3) is 6.87. The van der Waals surface area contributed by atoms with Crippen molar-refractivity contribution in [3.8, 4) is 0 Å². The van der Waals surface area contributed by atoms with Gasteiger partial charge in [-0.1, -0.05) is 6.42 Å². The Morgan fingerprint density at radius 1 is 1.27 bits per heavy atom. The number of carbonyl (C=O) groups is 3. The standard InChI is InChI=1S/C14H21N3O5/c1-22-13(19)5-3-2-4-7-15-12(18)6-8-17-10-11(9-16-17)14(20)21/h9-10H,2-8H2,1H3,(H,15,18)(H,20,21). The van der Waals surface area contributed by atoms with Crippen LogP contribution < -0.4 is 5.32 Å². The van der Waals surface area contributed by atoms with Crippen LogP contribution in [0.25, 0.3) is 0 Å². The summed E-state index contributed by atoms with van der Waals surface area (Å²) in [5, 5.41) is 15.4. The van der Waals surface area contributed by atoms with E-state index in [0.29, 0.717) is 19.5 Å². The lowest BCUT2D eigenvalue weighted by molar-refractivity contribution is -0.140. The van der Waals surface area contributed by atoms with Crippen LogP contribution >= 0.6 is 0 Å². The molecule has 0 fully saturated rings. The summed E-state index contributed by atoms with van der Waals surface area (Å²) >= 11 is 0. The van der Waals surface area contributed by atoms with Crippen molar-refractivity contribution in [2.24, 2.45) is 0 Å². The minimum absolute atomic E-state index is 0.103. The lowest BCUT2D eigenvalue weighted by atomic mass is 10.2. The van der Waals surface area contributed by atoms with E-state index in [2.05, 4.69) is 15.2 Å². The molecule has 0 unspecified atom stereocenters. The van der Waals surface area contributed by atoms with Crippen LogP contribution in [0.1, 0.15) is 42.5 Å². The van der Waals surface area contributed by atoms with Crippen molar-refractivity contribution >= 4 is 17.8 Å². The minimum Gasteiger partial charge on any atom is -0.478 e. The molecule has 1 amide bonds. The number of methoxy groups -OCH3 is 1. The fourth-order valence-electron chi connectivity index (χ4n) is 1.80. The van der Waals surface area contributed by atoms with Gasteiger partial charge in [-0.05, 0) is 12.8 Å². The van der Waals surface area contributed by atoms with E-state index in [0.717, 1.165) is 19.3 Å². The van der Waals surface area contributed by atoms with Gasteiger partial charge in [0.1, 0.15) is 0 Å². The summed E-state index contributed by atoms with van der Waals surface area (Å²) in [7, 11) is 1.36. The monoisotopic (exact) mass is 311 g/mol. The first-order valence-corrected chi connectivity index (χ1v) is 7.12. The molecule has 0 aliphatic rings. The minimum atomic E-state index is -1.04. The molecule has 0 bridgehead atoms. The number of carboxylic acid groups (broad SMARTS) is 1. The molecule has 0 aliphatic heterocycles. The highest BCUT2D eigenvalue weighted by atomic mass is 16.5. The smallest absolute Gasteiger partial charge is 0.338 e. The average Bonchev–Trinajstić information content (AvgIpc) is 2.97. The molecule has 2 N–H and O–H groups in total. The molecule has 1 rings (SSSR count). The van der Waals surface area contributed by atoms with Gasteiger partial charge in [0.2, 0.25) is 5.91 Å². The second-order valence-corrected chi connectivity index (χ2v) is 4.78. The number of ether oxygens (including phenoxy) is 1. The second-order valence-electron chi connectivity index (χ2n) is 4.78. The van der Waals surface area contributed by atoms with Crippen molar-refractivity contribution in [2.45, 2.75) is 38.6 Å². The summed E-state index contributed by atoms with van der Waals surface area (Å²) in [6, 6.07) is 0. The van der Waals surface area contributed by atoms with Gasteiger partial charge < -0.3 is 15.2 Å². The number of esters is 1. The summed E-state index contributed by atoms with van der Waals surface area (Å²) in [6.07, 6.45) is 5.67. The van der Waals surface area contributed by atoms with Crippen LogP contribution in [-0.2, 0) is 20.9 Å². The summed E-state index contributed by atoms with van der Waals surface area (Å²) < 4.78 is 5.96. The predicted octanol–water partition coefficient (Wildman–Crippen LogP) is 0.821. The van der Waals surface area contributed by atoms with Crippen LogP contribution in [0.2, 0.25) is 0 Å². The van der Waals surface area contributed by atoms with Gasteiger partial charge in [-0.2, -0.15) is 5.10 Å². The first-order chi connectivity index (χ1) is 10.5. The summed E-state index contributed by atoms with van der Waals surface area (Å²) in [6.45, 7) is 0.890. The number of carboxylic acids is 1. The molecule has 22 heavy (non-hydrogen) atoms. The first-order valence-electron chi connectivity index (χ1n) is 7.12. The van der Waals surface area contributed by atoms with Crippen molar-refractivity contribution in [2.75, 3.05) is 13.7 Å². The van der Waals surface area contributed by atoms with E-state index >= 15 is 0 Å². The average molecular weight is 311 g/mol. The van der Waals surface area contributed by atoms with Gasteiger partial charge in [-0.25, -0.2) is 4.79 Å². The highest BCUT2D eigenvalue weighted by molar-refractivity contribution is 5.86. The van der Waals surface area contributed by atoms with E-state index < -0.39 is 5.97 Å². The van der Waals surface area contributed by atoms with Gasteiger partial charge >= 0.3 is 11.9 Å². The number of amides is 1. The van der Waals surface area contributed by atoms with E-state index in [-0.39, 0.29) is 23.9 Å². The van der Waals surface area contributed by atoms with Crippen molar-refractivity contribution in [3.63, 3.8) is 0 Å². The molecule has 0 spiro atoms. The van der Waals surface area contributed by atoms with Crippen LogP contribution in [0.3, 0.4) is 0 Å². The number of nitrogens with zero attached hydrogens (tertiary/aromatic N) is 2. The number of carbonyl (C=O) groups excluding carboxylic acids is 2. The Bertz CT molecular complexity index is 512. The topological polar surface area (TPSA) is 111 Å². The number of aryl methyl sites for hydroxylation is 1. The maximum atomic E-state index is 11.6. The van der Waals surface area contributed by atoms with Gasteiger partial charge in [0.15, 0.2) is 0 Å². The number of hydrogen-bond acceptors (Lipinski definition) is 5. The van der Waals surface area contributed by atoms with Gasteiger partial charge in [0.25, 0.3) is 0 Å². The lowest BCUT2D eigenvalue weighted by Gasteiger charge is -2.05. The molecule has 122 valence electrons. The Hall–Kier alpha value is -2.38. The lowest BCUT2D eigenvalue weighted by Crippen LogP contribution is -2.25. The molecule has 1 heterocycles. The third-order valence-corrected chi connectivity index (χ3v) is 3.06. The summed E-state index contributed by atoms with van der Waals surface area (Å²) in [4.78, 5) is 33.2. The van der Waals surface area contributed by atoms with E-state index in [9.17, 15) is 14.4 Å². The molecule has 0 saturated carbocycles. The second kappa shape index (κ2) is 9.54. The predicted molar refractivity (Wildman–Crippen MR) is 77.3 cm³/mol. The molecule has 1 aromatic rings. The fraction of sp³-hybridized carbons (Fsp3) is 0.571. The van der Waals surface area contributed by atoms with E-state index in [4.69, 9.17) is 5.11 Å². The first kappa shape index (κ1) is 17.7. The van der Waals surface area contributed by atoms with Crippen LogP contribution in [-0.4, -0.2) is 46.4 Å². The molecule has 0 atom stereocenters. The normalized spacial score (nSPS) is 10.2. The highest BCUT2D eigenvalue weighted by Gasteiger charge is 2.07.